The van der Waals surface area contributed by atoms with Crippen molar-refractivity contribution in [2.24, 2.45) is 10.4 Å². The minimum absolute atomic E-state index is 0.0271. The first-order valence-electron chi connectivity index (χ1n) is 5.92. The highest BCUT2D eigenvalue weighted by Gasteiger charge is 2.32. The molecule has 4 heteroatoms. The summed E-state index contributed by atoms with van der Waals surface area (Å²) in [5.74, 6) is 0.133. The number of aliphatic hydroxyl groups is 1. The number of ketones is 1. The first-order chi connectivity index (χ1) is 8.37. The molecule has 18 heavy (non-hydrogen) atoms. The van der Waals surface area contributed by atoms with E-state index in [9.17, 15) is 9.90 Å². The number of thiophene rings is 1. The molecule has 1 aliphatic rings. The summed E-state index contributed by atoms with van der Waals surface area (Å²) >= 11 is 1.53. The highest BCUT2D eigenvalue weighted by Crippen LogP contribution is 2.35. The molecule has 96 valence electrons. The number of carbonyl (C=O) groups excluding carboxylic acids is 1. The van der Waals surface area contributed by atoms with Gasteiger partial charge in [-0.15, -0.1) is 11.3 Å². The molecule has 0 unspecified atom stereocenters. The number of aliphatic imine (C=N–C) groups is 1. The Morgan fingerprint density at radius 1 is 1.44 bits per heavy atom. The maximum Gasteiger partial charge on any atom is 0.168 e. The van der Waals surface area contributed by atoms with Gasteiger partial charge in [-0.3, -0.25) is 4.79 Å². The van der Waals surface area contributed by atoms with Gasteiger partial charge >= 0.3 is 0 Å². The molecular formula is C14H17NO2S. The van der Waals surface area contributed by atoms with Crippen LogP contribution in [0.25, 0.3) is 0 Å². The Balaban J connectivity index is 2.23. The Morgan fingerprint density at radius 3 is 2.72 bits per heavy atom. The third-order valence-corrected chi connectivity index (χ3v) is 3.89. The molecule has 0 aromatic carbocycles. The van der Waals surface area contributed by atoms with Gasteiger partial charge in [0.15, 0.2) is 5.78 Å². The first-order valence-corrected chi connectivity index (χ1v) is 6.80. The van der Waals surface area contributed by atoms with Crippen molar-refractivity contribution in [2.45, 2.75) is 33.6 Å². The van der Waals surface area contributed by atoms with E-state index in [2.05, 4.69) is 4.99 Å². The molecule has 1 aromatic heterocycles. The number of carbonyl (C=O) groups is 1. The zero-order chi connectivity index (χ0) is 13.3. The predicted octanol–water partition coefficient (Wildman–Crippen LogP) is 3.96. The van der Waals surface area contributed by atoms with E-state index in [-0.39, 0.29) is 17.0 Å². The third-order valence-electron chi connectivity index (χ3n) is 2.93. The molecule has 0 spiro atoms. The maximum atomic E-state index is 11.9. The molecule has 0 amide bonds. The Hall–Kier alpha value is -1.42. The van der Waals surface area contributed by atoms with Gasteiger partial charge in [0.1, 0.15) is 10.8 Å². The van der Waals surface area contributed by atoms with Crippen molar-refractivity contribution < 1.29 is 9.90 Å². The minimum Gasteiger partial charge on any atom is -0.511 e. The van der Waals surface area contributed by atoms with Crippen LogP contribution in [0.5, 0.6) is 0 Å². The van der Waals surface area contributed by atoms with Gasteiger partial charge in [0, 0.05) is 19.1 Å². The Bertz CT molecular complexity index is 538. The largest absolute Gasteiger partial charge is 0.511 e. The molecule has 0 radical (unpaired) electrons. The monoisotopic (exact) mass is 263 g/mol. The Morgan fingerprint density at radius 2 is 2.17 bits per heavy atom. The highest BCUT2D eigenvalue weighted by molar-refractivity contribution is 7.14. The molecule has 1 N–H and O–H groups in total. The average Bonchev–Trinajstić information content (AvgIpc) is 2.61. The van der Waals surface area contributed by atoms with Crippen LogP contribution in [0.3, 0.4) is 0 Å². The zero-order valence-corrected chi connectivity index (χ0v) is 11.7. The standard InChI is InChI=1S/C14H17NO2S/c1-9-4-13(18-8-9)15-7-10-11(16)5-14(2,3)6-12(10)17/h4,7-8,16H,5-6H2,1-3H3. The third kappa shape index (κ3) is 2.88. The summed E-state index contributed by atoms with van der Waals surface area (Å²) in [7, 11) is 0. The molecule has 0 saturated carbocycles. The maximum absolute atomic E-state index is 11.9. The number of hydrogen-bond donors (Lipinski definition) is 1. The van der Waals surface area contributed by atoms with E-state index in [0.29, 0.717) is 18.4 Å². The number of rotatable bonds is 2. The number of aliphatic hydroxyl groups excluding tert-OH is 1. The van der Waals surface area contributed by atoms with E-state index in [0.717, 1.165) is 10.6 Å². The van der Waals surface area contributed by atoms with Gasteiger partial charge in [-0.1, -0.05) is 13.8 Å². The first kappa shape index (κ1) is 13.0. The van der Waals surface area contributed by atoms with E-state index in [4.69, 9.17) is 0 Å². The van der Waals surface area contributed by atoms with Crippen molar-refractivity contribution in [2.75, 3.05) is 0 Å². The van der Waals surface area contributed by atoms with Gasteiger partial charge in [0.25, 0.3) is 0 Å². The van der Waals surface area contributed by atoms with E-state index >= 15 is 0 Å². The normalized spacial score (nSPS) is 19.8. The van der Waals surface area contributed by atoms with Crippen LogP contribution in [0.2, 0.25) is 0 Å². The van der Waals surface area contributed by atoms with Crippen molar-refractivity contribution in [3.63, 3.8) is 0 Å². The van der Waals surface area contributed by atoms with Gasteiger partial charge in [-0.2, -0.15) is 0 Å². The topological polar surface area (TPSA) is 49.7 Å². The van der Waals surface area contributed by atoms with Gasteiger partial charge < -0.3 is 5.11 Å². The molecule has 3 nitrogen and oxygen atoms in total. The second kappa shape index (κ2) is 4.69. The second-order valence-corrected chi connectivity index (χ2v) is 6.41. The molecule has 1 aromatic rings. The van der Waals surface area contributed by atoms with Crippen molar-refractivity contribution in [3.8, 4) is 0 Å². The van der Waals surface area contributed by atoms with Crippen molar-refractivity contribution in [1.82, 2.24) is 0 Å². The lowest BCUT2D eigenvalue weighted by Crippen LogP contribution is -2.26. The molecule has 0 bridgehead atoms. The molecule has 0 fully saturated rings. The lowest BCUT2D eigenvalue weighted by molar-refractivity contribution is -0.117. The van der Waals surface area contributed by atoms with Gasteiger partial charge in [0.05, 0.1) is 5.57 Å². The fourth-order valence-electron chi connectivity index (χ4n) is 2.06. The van der Waals surface area contributed by atoms with Gasteiger partial charge in [0.2, 0.25) is 0 Å². The summed E-state index contributed by atoms with van der Waals surface area (Å²) in [6.45, 7) is 5.97. The fraction of sp³-hybridized carbons (Fsp3) is 0.429. The summed E-state index contributed by atoms with van der Waals surface area (Å²) in [6.07, 6.45) is 2.49. The van der Waals surface area contributed by atoms with Gasteiger partial charge in [-0.05, 0) is 29.3 Å². The minimum atomic E-state index is -0.155. The van der Waals surface area contributed by atoms with Crippen LogP contribution in [-0.2, 0) is 4.79 Å². The quantitative estimate of drug-likeness (QED) is 0.821. The number of aryl methyl sites for hydroxylation is 1. The van der Waals surface area contributed by atoms with Crippen LogP contribution in [0.1, 0.15) is 32.3 Å². The van der Waals surface area contributed by atoms with E-state index in [1.165, 1.54) is 17.6 Å². The smallest absolute Gasteiger partial charge is 0.168 e. The lowest BCUT2D eigenvalue weighted by atomic mass is 9.77. The molecule has 2 rings (SSSR count). The Kier molecular flexibility index (Phi) is 3.39. The van der Waals surface area contributed by atoms with Crippen LogP contribution in [0.15, 0.2) is 27.8 Å². The van der Waals surface area contributed by atoms with E-state index in [1.54, 1.807) is 0 Å². The zero-order valence-electron chi connectivity index (χ0n) is 10.9. The summed E-state index contributed by atoms with van der Waals surface area (Å²) in [6, 6.07) is 1.95. The van der Waals surface area contributed by atoms with Crippen LogP contribution in [0.4, 0.5) is 5.00 Å². The van der Waals surface area contributed by atoms with E-state index < -0.39 is 0 Å². The SMILES string of the molecule is Cc1csc(N=CC2=C(O)CC(C)(C)CC2=O)c1. The number of allylic oxidation sites excluding steroid dienone is 2. The van der Waals surface area contributed by atoms with Gasteiger partial charge in [-0.25, -0.2) is 4.99 Å². The van der Waals surface area contributed by atoms with Crippen molar-refractivity contribution in [1.29, 1.82) is 0 Å². The average molecular weight is 263 g/mol. The number of hydrogen-bond acceptors (Lipinski definition) is 4. The molecule has 0 saturated heterocycles. The van der Waals surface area contributed by atoms with Crippen molar-refractivity contribution in [3.05, 3.63) is 28.3 Å². The van der Waals surface area contributed by atoms with Crippen LogP contribution in [-0.4, -0.2) is 17.1 Å². The van der Waals surface area contributed by atoms with Crippen molar-refractivity contribution >= 4 is 28.3 Å². The highest BCUT2D eigenvalue weighted by atomic mass is 32.1. The fourth-order valence-corrected chi connectivity index (χ4v) is 2.80. The number of Topliss-reactive ketones (excluding diaryl/α,β-unsaturated/α-hetero) is 1. The molecular weight excluding hydrogens is 246 g/mol. The molecule has 0 atom stereocenters. The summed E-state index contributed by atoms with van der Waals surface area (Å²) < 4.78 is 0. The van der Waals surface area contributed by atoms with E-state index in [1.807, 2.05) is 32.2 Å². The van der Waals surface area contributed by atoms with Crippen LogP contribution < -0.4 is 0 Å². The summed E-state index contributed by atoms with van der Waals surface area (Å²) in [5.41, 5.74) is 1.36. The predicted molar refractivity (Wildman–Crippen MR) is 74.9 cm³/mol. The number of nitrogens with zero attached hydrogens (tertiary/aromatic N) is 1. The summed E-state index contributed by atoms with van der Waals surface area (Å²) in [5, 5.41) is 12.8. The molecule has 1 aliphatic carbocycles. The lowest BCUT2D eigenvalue weighted by Gasteiger charge is -2.28. The molecule has 1 heterocycles. The Labute approximate surface area is 111 Å². The van der Waals surface area contributed by atoms with Crippen LogP contribution >= 0.6 is 11.3 Å². The summed E-state index contributed by atoms with van der Waals surface area (Å²) in [4.78, 5) is 16.2. The van der Waals surface area contributed by atoms with Crippen LogP contribution in [0, 0.1) is 12.3 Å². The second-order valence-electron chi connectivity index (χ2n) is 5.52. The molecule has 0 aliphatic heterocycles.